The molecule has 2 aliphatic rings. The van der Waals surface area contributed by atoms with Crippen molar-refractivity contribution in [1.29, 1.82) is 0 Å². The summed E-state index contributed by atoms with van der Waals surface area (Å²) in [7, 11) is -3.72. The number of piperidine rings is 1. The quantitative estimate of drug-likeness (QED) is 0.764. The highest BCUT2D eigenvalue weighted by molar-refractivity contribution is 8.00. The Morgan fingerprint density at radius 3 is 2.43 bits per heavy atom. The molecule has 8 heteroatoms. The zero-order valence-corrected chi connectivity index (χ0v) is 19.3. The maximum Gasteiger partial charge on any atom is 0.315 e. The highest BCUT2D eigenvalue weighted by Gasteiger charge is 2.35. The lowest BCUT2D eigenvalue weighted by Crippen LogP contribution is -2.49. The van der Waals surface area contributed by atoms with Crippen molar-refractivity contribution < 1.29 is 13.2 Å². The smallest absolute Gasteiger partial charge is 0.315 e. The van der Waals surface area contributed by atoms with Crippen LogP contribution in [0.4, 0.5) is 4.79 Å². The number of aryl methyl sites for hydroxylation is 2. The Balaban J connectivity index is 1.69. The Kier molecular flexibility index (Phi) is 6.55. The van der Waals surface area contributed by atoms with Crippen LogP contribution in [-0.4, -0.2) is 50.9 Å². The average Bonchev–Trinajstić information content (AvgIpc) is 2.92. The monoisotopic (exact) mass is 432 g/mol. The van der Waals surface area contributed by atoms with E-state index in [2.05, 4.69) is 28.9 Å². The van der Waals surface area contributed by atoms with Crippen molar-refractivity contribution in [2.24, 2.45) is 10.3 Å². The van der Waals surface area contributed by atoms with E-state index in [0.29, 0.717) is 47.4 Å². The third-order valence-corrected chi connectivity index (χ3v) is 7.18. The number of benzene rings is 1. The molecule has 1 fully saturated rings. The molecule has 2 aliphatic heterocycles. The zero-order valence-electron chi connectivity index (χ0n) is 18.4. The Labute approximate surface area is 179 Å². The van der Waals surface area contributed by atoms with Crippen LogP contribution in [0.1, 0.15) is 50.3 Å². The molecule has 1 saturated heterocycles. The highest BCUT2D eigenvalue weighted by Crippen LogP contribution is 2.35. The normalized spacial score (nSPS) is 19.3. The van der Waals surface area contributed by atoms with E-state index in [0.717, 1.165) is 24.0 Å². The number of carbonyl (C=O) groups is 1. The van der Waals surface area contributed by atoms with Gasteiger partial charge in [-0.1, -0.05) is 32.0 Å². The van der Waals surface area contributed by atoms with E-state index in [1.165, 1.54) is 0 Å². The summed E-state index contributed by atoms with van der Waals surface area (Å²) in [6, 6.07) is 5.64. The first-order chi connectivity index (χ1) is 14.1. The van der Waals surface area contributed by atoms with Crippen LogP contribution >= 0.6 is 0 Å². The fraction of sp³-hybridized carbons (Fsp3) is 0.545. The standard InChI is InChI=1S/C22H32N4O3S/c1-14(2)13-23-22(27)24-19-8-10-26(11-9-19)21-17(5)20(30(28,29)25-21)18-7-6-15(3)16(4)12-18/h6-7,12,14,19H,8-11,13H2,1-5H3,(H2,23,24,27). The summed E-state index contributed by atoms with van der Waals surface area (Å²) < 4.78 is 29.8. The lowest BCUT2D eigenvalue weighted by atomic mass is 10.0. The van der Waals surface area contributed by atoms with Crippen molar-refractivity contribution in [3.05, 3.63) is 40.5 Å². The number of amidine groups is 1. The van der Waals surface area contributed by atoms with Crippen LogP contribution in [0.25, 0.3) is 4.91 Å². The molecule has 164 valence electrons. The number of sulfonamides is 1. The van der Waals surface area contributed by atoms with Crippen molar-refractivity contribution in [3.63, 3.8) is 0 Å². The van der Waals surface area contributed by atoms with Gasteiger partial charge in [-0.05, 0) is 56.2 Å². The number of amides is 2. The number of nitrogens with one attached hydrogen (secondary N) is 2. The van der Waals surface area contributed by atoms with E-state index in [1.807, 2.05) is 43.9 Å². The first kappa shape index (κ1) is 22.3. The molecule has 2 heterocycles. The van der Waals surface area contributed by atoms with E-state index >= 15 is 0 Å². The van der Waals surface area contributed by atoms with Crippen LogP contribution in [0.15, 0.2) is 28.2 Å². The van der Waals surface area contributed by atoms with Gasteiger partial charge in [0, 0.05) is 31.2 Å². The molecule has 0 aromatic heterocycles. The minimum atomic E-state index is -3.72. The molecule has 1 aromatic carbocycles. The molecule has 0 spiro atoms. The second-order valence-electron chi connectivity index (χ2n) is 8.65. The maximum atomic E-state index is 12.8. The molecule has 0 radical (unpaired) electrons. The Morgan fingerprint density at radius 2 is 1.83 bits per heavy atom. The van der Waals surface area contributed by atoms with Crippen LogP contribution in [-0.2, 0) is 10.0 Å². The Hall–Kier alpha value is -2.35. The lowest BCUT2D eigenvalue weighted by molar-refractivity contribution is 0.225. The van der Waals surface area contributed by atoms with Crippen LogP contribution in [0.3, 0.4) is 0 Å². The van der Waals surface area contributed by atoms with Gasteiger partial charge in [0.15, 0.2) is 0 Å². The largest absolute Gasteiger partial charge is 0.356 e. The summed E-state index contributed by atoms with van der Waals surface area (Å²) in [5, 5.41) is 5.88. The van der Waals surface area contributed by atoms with Gasteiger partial charge in [-0.2, -0.15) is 8.42 Å². The predicted molar refractivity (Wildman–Crippen MR) is 121 cm³/mol. The molecular weight excluding hydrogens is 400 g/mol. The number of rotatable bonds is 4. The van der Waals surface area contributed by atoms with Crippen molar-refractivity contribution >= 4 is 26.8 Å². The fourth-order valence-corrected chi connectivity index (χ4v) is 5.31. The molecule has 0 atom stereocenters. The van der Waals surface area contributed by atoms with Crippen LogP contribution in [0.5, 0.6) is 0 Å². The van der Waals surface area contributed by atoms with Gasteiger partial charge in [-0.25, -0.2) is 4.79 Å². The summed E-state index contributed by atoms with van der Waals surface area (Å²) in [6.07, 6.45) is 1.50. The molecule has 30 heavy (non-hydrogen) atoms. The number of hydrogen-bond acceptors (Lipinski definition) is 4. The van der Waals surface area contributed by atoms with Gasteiger partial charge in [0.2, 0.25) is 0 Å². The molecule has 1 aromatic rings. The second-order valence-corrected chi connectivity index (χ2v) is 10.2. The van der Waals surface area contributed by atoms with Gasteiger partial charge >= 0.3 is 6.03 Å². The van der Waals surface area contributed by atoms with Gasteiger partial charge < -0.3 is 15.5 Å². The molecule has 0 saturated carbocycles. The molecule has 2 N–H and O–H groups in total. The number of nitrogens with zero attached hydrogens (tertiary/aromatic N) is 2. The van der Waals surface area contributed by atoms with Gasteiger partial charge in [0.25, 0.3) is 10.0 Å². The SMILES string of the molecule is CC1=C(c2ccc(C)c(C)c2)S(=O)(=O)N=C1N1CCC(NC(=O)NCC(C)C)CC1. The zero-order chi connectivity index (χ0) is 22.1. The third kappa shape index (κ3) is 4.86. The molecule has 0 unspecified atom stereocenters. The van der Waals surface area contributed by atoms with Gasteiger partial charge in [0.1, 0.15) is 10.7 Å². The highest BCUT2D eigenvalue weighted by atomic mass is 32.2. The molecular formula is C22H32N4O3S. The summed E-state index contributed by atoms with van der Waals surface area (Å²) in [4.78, 5) is 14.3. The molecule has 0 bridgehead atoms. The van der Waals surface area contributed by atoms with Crippen molar-refractivity contribution in [2.75, 3.05) is 19.6 Å². The Bertz CT molecular complexity index is 988. The number of urea groups is 1. The molecule has 7 nitrogen and oxygen atoms in total. The lowest BCUT2D eigenvalue weighted by Gasteiger charge is -2.33. The topological polar surface area (TPSA) is 90.9 Å². The van der Waals surface area contributed by atoms with Crippen LogP contribution < -0.4 is 10.6 Å². The summed E-state index contributed by atoms with van der Waals surface area (Å²) >= 11 is 0. The Morgan fingerprint density at radius 1 is 1.17 bits per heavy atom. The van der Waals surface area contributed by atoms with E-state index < -0.39 is 10.0 Å². The number of carbonyl (C=O) groups excluding carboxylic acids is 1. The molecule has 3 rings (SSSR count). The second kappa shape index (κ2) is 8.79. The molecule has 2 amide bonds. The third-order valence-electron chi connectivity index (χ3n) is 5.71. The maximum absolute atomic E-state index is 12.8. The number of hydrogen-bond donors (Lipinski definition) is 2. The summed E-state index contributed by atoms with van der Waals surface area (Å²) in [6.45, 7) is 11.9. The van der Waals surface area contributed by atoms with Crippen LogP contribution in [0, 0.1) is 19.8 Å². The minimum absolute atomic E-state index is 0.0792. The van der Waals surface area contributed by atoms with E-state index in [1.54, 1.807) is 0 Å². The van der Waals surface area contributed by atoms with Crippen molar-refractivity contribution in [3.8, 4) is 0 Å². The van der Waals surface area contributed by atoms with Crippen molar-refractivity contribution in [2.45, 2.75) is 53.5 Å². The average molecular weight is 433 g/mol. The fourth-order valence-electron chi connectivity index (χ4n) is 3.83. The number of likely N-dealkylation sites (tertiary alicyclic amines) is 1. The van der Waals surface area contributed by atoms with Gasteiger partial charge in [0.05, 0.1) is 0 Å². The first-order valence-corrected chi connectivity index (χ1v) is 12.0. The summed E-state index contributed by atoms with van der Waals surface area (Å²) in [5.74, 6) is 0.937. The first-order valence-electron chi connectivity index (χ1n) is 10.5. The van der Waals surface area contributed by atoms with E-state index in [9.17, 15) is 13.2 Å². The van der Waals surface area contributed by atoms with Gasteiger partial charge in [-0.15, -0.1) is 4.40 Å². The van der Waals surface area contributed by atoms with E-state index in [-0.39, 0.29) is 12.1 Å². The molecule has 0 aliphatic carbocycles. The van der Waals surface area contributed by atoms with Crippen LogP contribution in [0.2, 0.25) is 0 Å². The minimum Gasteiger partial charge on any atom is -0.356 e. The van der Waals surface area contributed by atoms with Gasteiger partial charge in [-0.3, -0.25) is 0 Å². The van der Waals surface area contributed by atoms with Crippen molar-refractivity contribution in [1.82, 2.24) is 15.5 Å². The predicted octanol–water partition coefficient (Wildman–Crippen LogP) is 3.20. The van der Waals surface area contributed by atoms with E-state index in [4.69, 9.17) is 0 Å². The summed E-state index contributed by atoms with van der Waals surface area (Å²) in [5.41, 5.74) is 3.56.